The van der Waals surface area contributed by atoms with Crippen molar-refractivity contribution in [3.8, 4) is 5.69 Å². The van der Waals surface area contributed by atoms with Gasteiger partial charge in [0.05, 0.1) is 11.7 Å². The molecule has 2 rings (SSSR count). The molecule has 0 saturated heterocycles. The largest absolute Gasteiger partial charge is 0.350 e. The minimum Gasteiger partial charge on any atom is -0.325 e. The molecular weight excluding hydrogens is 282 g/mol. The molecule has 3 N–H and O–H groups in total. The van der Waals surface area contributed by atoms with Gasteiger partial charge < -0.3 is 11.1 Å². The lowest BCUT2D eigenvalue weighted by Crippen LogP contribution is -2.40. The Bertz CT molecular complexity index is 701. The van der Waals surface area contributed by atoms with Crippen LogP contribution in [-0.4, -0.2) is 26.3 Å². The Balaban J connectivity index is 2.11. The van der Waals surface area contributed by atoms with Gasteiger partial charge in [-0.05, 0) is 30.2 Å². The highest BCUT2D eigenvalue weighted by Crippen LogP contribution is 2.13. The lowest BCUT2D eigenvalue weighted by atomic mass is 9.99. The number of carbonyl (C=O) groups is 1. The summed E-state index contributed by atoms with van der Waals surface area (Å²) in [7, 11) is 1.64. The van der Waals surface area contributed by atoms with Crippen LogP contribution in [0.25, 0.3) is 5.69 Å². The van der Waals surface area contributed by atoms with Crippen LogP contribution in [0.3, 0.4) is 0 Å². The first-order valence-electron chi connectivity index (χ1n) is 7.21. The quantitative estimate of drug-likeness (QED) is 0.857. The molecule has 1 aromatic carbocycles. The first kappa shape index (κ1) is 16.0. The van der Waals surface area contributed by atoms with Crippen molar-refractivity contribution in [3.05, 3.63) is 41.1 Å². The fraction of sp³-hybridized carbons (Fsp3) is 0.400. The molecule has 0 saturated carbocycles. The number of nitrogens with one attached hydrogen (secondary N) is 1. The lowest BCUT2D eigenvalue weighted by Gasteiger charge is -2.17. The van der Waals surface area contributed by atoms with Gasteiger partial charge in [-0.15, -0.1) is 0 Å². The van der Waals surface area contributed by atoms with Crippen molar-refractivity contribution < 1.29 is 4.79 Å². The topological polar surface area (TPSA) is 94.9 Å². The highest BCUT2D eigenvalue weighted by molar-refractivity contribution is 5.94. The average molecular weight is 303 g/mol. The van der Waals surface area contributed by atoms with Crippen LogP contribution in [0.1, 0.15) is 20.3 Å². The normalized spacial score (nSPS) is 13.6. The maximum Gasteiger partial charge on any atom is 0.350 e. The third-order valence-corrected chi connectivity index (χ3v) is 3.76. The first-order chi connectivity index (χ1) is 10.4. The number of amides is 1. The SMILES string of the molecule is CC[C@@H](C)[C@H](N)C(=O)Nc1ccc(-n2ncn(C)c2=O)cc1. The number of aromatic nitrogens is 3. The third kappa shape index (κ3) is 3.25. The van der Waals surface area contributed by atoms with E-state index in [1.807, 2.05) is 13.8 Å². The van der Waals surface area contributed by atoms with Crippen LogP contribution in [-0.2, 0) is 11.8 Å². The summed E-state index contributed by atoms with van der Waals surface area (Å²) in [5.74, 6) is -0.0940. The molecule has 0 aliphatic heterocycles. The Morgan fingerprint density at radius 3 is 2.50 bits per heavy atom. The molecule has 1 heterocycles. The third-order valence-electron chi connectivity index (χ3n) is 3.76. The van der Waals surface area contributed by atoms with Gasteiger partial charge in [0.25, 0.3) is 0 Å². The summed E-state index contributed by atoms with van der Waals surface area (Å²) in [6, 6.07) is 6.34. The van der Waals surface area contributed by atoms with E-state index in [0.717, 1.165) is 6.42 Å². The fourth-order valence-electron chi connectivity index (χ4n) is 1.98. The highest BCUT2D eigenvalue weighted by atomic mass is 16.2. The lowest BCUT2D eigenvalue weighted by molar-refractivity contribution is -0.118. The predicted octanol–water partition coefficient (Wildman–Crippen LogP) is 0.883. The monoisotopic (exact) mass is 303 g/mol. The van der Waals surface area contributed by atoms with Gasteiger partial charge in [-0.1, -0.05) is 20.3 Å². The smallest absolute Gasteiger partial charge is 0.325 e. The number of nitrogens with zero attached hydrogens (tertiary/aromatic N) is 3. The zero-order valence-corrected chi connectivity index (χ0v) is 13.0. The molecule has 0 radical (unpaired) electrons. The molecule has 7 nitrogen and oxygen atoms in total. The second-order valence-corrected chi connectivity index (χ2v) is 5.38. The maximum atomic E-state index is 12.0. The van der Waals surface area contributed by atoms with Crippen LogP contribution in [0.15, 0.2) is 35.4 Å². The number of anilines is 1. The molecule has 7 heteroatoms. The van der Waals surface area contributed by atoms with Crippen LogP contribution in [0, 0.1) is 5.92 Å². The first-order valence-corrected chi connectivity index (χ1v) is 7.21. The maximum absolute atomic E-state index is 12.0. The molecule has 0 aliphatic carbocycles. The van der Waals surface area contributed by atoms with Crippen LogP contribution in [0.5, 0.6) is 0 Å². The van der Waals surface area contributed by atoms with Crippen molar-refractivity contribution in [2.24, 2.45) is 18.7 Å². The molecule has 0 aliphatic rings. The van der Waals surface area contributed by atoms with Gasteiger partial charge >= 0.3 is 5.69 Å². The molecule has 118 valence electrons. The molecule has 2 atom stereocenters. The van der Waals surface area contributed by atoms with Crippen molar-refractivity contribution in [3.63, 3.8) is 0 Å². The van der Waals surface area contributed by atoms with E-state index in [4.69, 9.17) is 5.73 Å². The Labute approximate surface area is 128 Å². The summed E-state index contributed by atoms with van der Waals surface area (Å²) < 4.78 is 2.68. The summed E-state index contributed by atoms with van der Waals surface area (Å²) >= 11 is 0. The van der Waals surface area contributed by atoms with Crippen LogP contribution < -0.4 is 16.7 Å². The van der Waals surface area contributed by atoms with E-state index in [0.29, 0.717) is 11.4 Å². The van der Waals surface area contributed by atoms with Crippen molar-refractivity contribution in [2.45, 2.75) is 26.3 Å². The van der Waals surface area contributed by atoms with Gasteiger partial charge in [0.1, 0.15) is 6.33 Å². The van der Waals surface area contributed by atoms with Gasteiger partial charge in [0.2, 0.25) is 5.91 Å². The van der Waals surface area contributed by atoms with E-state index in [1.165, 1.54) is 15.6 Å². The molecule has 0 unspecified atom stereocenters. The Morgan fingerprint density at radius 1 is 1.36 bits per heavy atom. The van der Waals surface area contributed by atoms with Gasteiger partial charge in [-0.25, -0.2) is 4.79 Å². The standard InChI is InChI=1S/C15H21N5O2/c1-4-10(2)13(16)14(21)18-11-5-7-12(8-6-11)20-15(22)19(3)9-17-20/h5-10,13H,4,16H2,1-3H3,(H,18,21)/t10-,13+/m1/s1. The highest BCUT2D eigenvalue weighted by Gasteiger charge is 2.19. The summed E-state index contributed by atoms with van der Waals surface area (Å²) in [4.78, 5) is 23.8. The number of nitrogens with two attached hydrogens (primary N) is 1. The molecule has 0 fully saturated rings. The van der Waals surface area contributed by atoms with Crippen LogP contribution in [0.2, 0.25) is 0 Å². The summed E-state index contributed by atoms with van der Waals surface area (Å²) in [5.41, 5.74) is 6.94. The number of hydrogen-bond acceptors (Lipinski definition) is 4. The number of rotatable bonds is 5. The Morgan fingerprint density at radius 2 is 2.00 bits per heavy atom. The fourth-order valence-corrected chi connectivity index (χ4v) is 1.98. The van der Waals surface area contributed by atoms with Crippen molar-refractivity contribution >= 4 is 11.6 Å². The van der Waals surface area contributed by atoms with Gasteiger partial charge in [-0.2, -0.15) is 9.78 Å². The molecule has 1 aromatic heterocycles. The zero-order valence-electron chi connectivity index (χ0n) is 13.0. The number of aryl methyl sites for hydroxylation is 1. The van der Waals surface area contributed by atoms with Crippen molar-refractivity contribution in [1.82, 2.24) is 14.3 Å². The molecule has 0 spiro atoms. The number of carbonyl (C=O) groups excluding carboxylic acids is 1. The van der Waals surface area contributed by atoms with Crippen LogP contribution in [0.4, 0.5) is 5.69 Å². The Hall–Kier alpha value is -2.41. The average Bonchev–Trinajstić information content (AvgIpc) is 2.86. The number of hydrogen-bond donors (Lipinski definition) is 2. The second-order valence-electron chi connectivity index (χ2n) is 5.38. The van der Waals surface area contributed by atoms with Gasteiger partial charge in [0, 0.05) is 12.7 Å². The summed E-state index contributed by atoms with van der Waals surface area (Å²) in [5, 5.41) is 6.78. The molecule has 2 aromatic rings. The molecule has 0 bridgehead atoms. The zero-order chi connectivity index (χ0) is 16.3. The van der Waals surface area contributed by atoms with E-state index in [-0.39, 0.29) is 17.5 Å². The molecule has 1 amide bonds. The van der Waals surface area contributed by atoms with Crippen molar-refractivity contribution in [2.75, 3.05) is 5.32 Å². The summed E-state index contributed by atoms with van der Waals surface area (Å²) in [6.07, 6.45) is 2.29. The minimum atomic E-state index is -0.539. The van der Waals surface area contributed by atoms with Crippen molar-refractivity contribution in [1.29, 1.82) is 0 Å². The van der Waals surface area contributed by atoms with E-state index in [1.54, 1.807) is 31.3 Å². The van der Waals surface area contributed by atoms with E-state index >= 15 is 0 Å². The van der Waals surface area contributed by atoms with Crippen LogP contribution >= 0.6 is 0 Å². The second kappa shape index (κ2) is 6.57. The Kier molecular flexibility index (Phi) is 4.77. The predicted molar refractivity (Wildman–Crippen MR) is 84.9 cm³/mol. The van der Waals surface area contributed by atoms with Gasteiger partial charge in [-0.3, -0.25) is 9.36 Å². The van der Waals surface area contributed by atoms with E-state index in [2.05, 4.69) is 10.4 Å². The number of benzene rings is 1. The van der Waals surface area contributed by atoms with E-state index < -0.39 is 6.04 Å². The molecular formula is C15H21N5O2. The van der Waals surface area contributed by atoms with Gasteiger partial charge in [0.15, 0.2) is 0 Å². The van der Waals surface area contributed by atoms with E-state index in [9.17, 15) is 9.59 Å². The molecule has 22 heavy (non-hydrogen) atoms. The minimum absolute atomic E-state index is 0.117. The summed E-state index contributed by atoms with van der Waals surface area (Å²) in [6.45, 7) is 3.94.